The van der Waals surface area contributed by atoms with E-state index in [0.717, 1.165) is 27.7 Å². The van der Waals surface area contributed by atoms with E-state index in [1.165, 1.54) is 0 Å². The lowest BCUT2D eigenvalue weighted by atomic mass is 10.1. The second-order valence-electron chi connectivity index (χ2n) is 6.63. The van der Waals surface area contributed by atoms with Crippen molar-refractivity contribution in [1.82, 2.24) is 0 Å². The summed E-state index contributed by atoms with van der Waals surface area (Å²) < 4.78 is 17.1. The largest absolute Gasteiger partial charge is 0.486 e. The molecule has 1 N–H and O–H groups in total. The molecular weight excluding hydrogens is 366 g/mol. The van der Waals surface area contributed by atoms with Gasteiger partial charge < -0.3 is 18.9 Å². The van der Waals surface area contributed by atoms with Gasteiger partial charge in [-0.2, -0.15) is 0 Å². The summed E-state index contributed by atoms with van der Waals surface area (Å²) in [5, 5.41) is 4.84. The van der Waals surface area contributed by atoms with E-state index in [2.05, 4.69) is 5.32 Å². The van der Waals surface area contributed by atoms with Crippen molar-refractivity contribution in [1.29, 1.82) is 0 Å². The van der Waals surface area contributed by atoms with Gasteiger partial charge in [-0.3, -0.25) is 4.79 Å². The maximum absolute atomic E-state index is 12.6. The molecule has 0 aliphatic rings. The fourth-order valence-corrected chi connectivity index (χ4v) is 3.25. The Hall–Kier alpha value is -3.99. The number of fused-ring (bicyclic) bond motifs is 3. The van der Waals surface area contributed by atoms with Crippen LogP contribution in [0.25, 0.3) is 21.9 Å². The van der Waals surface area contributed by atoms with Crippen LogP contribution in [0, 0.1) is 0 Å². The zero-order valence-corrected chi connectivity index (χ0v) is 15.4. The first kappa shape index (κ1) is 17.1. The zero-order valence-electron chi connectivity index (χ0n) is 15.4. The van der Waals surface area contributed by atoms with E-state index in [-0.39, 0.29) is 18.3 Å². The van der Waals surface area contributed by atoms with Gasteiger partial charge in [-0.05, 0) is 48.5 Å². The highest BCUT2D eigenvalue weighted by atomic mass is 16.5. The molecular formula is C24H17NO4. The van der Waals surface area contributed by atoms with Crippen molar-refractivity contribution in [2.75, 3.05) is 5.32 Å². The molecule has 0 aliphatic heterocycles. The molecule has 1 amide bonds. The molecule has 0 atom stereocenters. The highest BCUT2D eigenvalue weighted by molar-refractivity contribution is 6.08. The minimum atomic E-state index is -0.317. The minimum absolute atomic E-state index is 0.230. The molecule has 0 bridgehead atoms. The fourth-order valence-electron chi connectivity index (χ4n) is 3.25. The second-order valence-corrected chi connectivity index (χ2v) is 6.63. The number of furan rings is 2. The first-order chi connectivity index (χ1) is 14.3. The number of ether oxygens (including phenoxy) is 1. The van der Waals surface area contributed by atoms with Crippen molar-refractivity contribution in [3.8, 4) is 5.75 Å². The zero-order chi connectivity index (χ0) is 19.6. The Morgan fingerprint density at radius 3 is 2.48 bits per heavy atom. The quantitative estimate of drug-likeness (QED) is 0.404. The van der Waals surface area contributed by atoms with Gasteiger partial charge in [0.15, 0.2) is 5.76 Å². The molecule has 0 saturated heterocycles. The van der Waals surface area contributed by atoms with Crippen molar-refractivity contribution in [3.05, 3.63) is 96.4 Å². The second kappa shape index (κ2) is 7.20. The third-order valence-electron chi connectivity index (χ3n) is 4.64. The van der Waals surface area contributed by atoms with Crippen LogP contribution < -0.4 is 10.1 Å². The van der Waals surface area contributed by atoms with Gasteiger partial charge in [0.2, 0.25) is 0 Å². The molecule has 0 aliphatic carbocycles. The molecule has 2 aromatic heterocycles. The lowest BCUT2D eigenvalue weighted by Crippen LogP contribution is -2.10. The number of para-hydroxylation sites is 2. The number of amides is 1. The smallest absolute Gasteiger partial charge is 0.291 e. The van der Waals surface area contributed by atoms with E-state index in [0.29, 0.717) is 11.4 Å². The van der Waals surface area contributed by atoms with Gasteiger partial charge >= 0.3 is 0 Å². The molecule has 0 radical (unpaired) electrons. The molecule has 0 fully saturated rings. The molecule has 5 nitrogen and oxygen atoms in total. The Balaban J connectivity index is 1.31. The fraction of sp³-hybridized carbons (Fsp3) is 0.0417. The topological polar surface area (TPSA) is 64.6 Å². The van der Waals surface area contributed by atoms with E-state index < -0.39 is 0 Å². The average Bonchev–Trinajstić information content (AvgIpc) is 3.38. The monoisotopic (exact) mass is 383 g/mol. The molecule has 5 aromatic rings. The molecule has 29 heavy (non-hydrogen) atoms. The first-order valence-corrected chi connectivity index (χ1v) is 9.25. The van der Waals surface area contributed by atoms with Crippen LogP contribution in [0.3, 0.4) is 0 Å². The molecule has 5 heteroatoms. The predicted molar refractivity (Wildman–Crippen MR) is 111 cm³/mol. The maximum atomic E-state index is 12.6. The van der Waals surface area contributed by atoms with E-state index in [1.54, 1.807) is 12.1 Å². The number of benzene rings is 3. The van der Waals surface area contributed by atoms with Gasteiger partial charge in [0.25, 0.3) is 5.91 Å². The van der Waals surface area contributed by atoms with Crippen molar-refractivity contribution in [3.63, 3.8) is 0 Å². The van der Waals surface area contributed by atoms with Gasteiger partial charge in [0.1, 0.15) is 29.3 Å². The molecule has 5 rings (SSSR count). The third-order valence-corrected chi connectivity index (χ3v) is 4.64. The van der Waals surface area contributed by atoms with Crippen LogP contribution in [0.15, 0.2) is 93.8 Å². The van der Waals surface area contributed by atoms with Crippen molar-refractivity contribution < 1.29 is 18.4 Å². The number of hydrogen-bond acceptors (Lipinski definition) is 4. The Morgan fingerprint density at radius 1 is 0.793 bits per heavy atom. The Kier molecular flexibility index (Phi) is 4.26. The van der Waals surface area contributed by atoms with Gasteiger partial charge in [-0.25, -0.2) is 0 Å². The third kappa shape index (κ3) is 3.46. The maximum Gasteiger partial charge on any atom is 0.291 e. The number of rotatable bonds is 5. The highest BCUT2D eigenvalue weighted by Gasteiger charge is 2.13. The Morgan fingerprint density at radius 2 is 1.59 bits per heavy atom. The van der Waals surface area contributed by atoms with Crippen LogP contribution in [-0.2, 0) is 6.61 Å². The van der Waals surface area contributed by atoms with E-state index in [4.69, 9.17) is 13.6 Å². The van der Waals surface area contributed by atoms with Gasteiger partial charge in [-0.1, -0.05) is 36.4 Å². The minimum Gasteiger partial charge on any atom is -0.486 e. The summed E-state index contributed by atoms with van der Waals surface area (Å²) in [6.45, 7) is 0.254. The first-order valence-electron chi connectivity index (χ1n) is 9.25. The number of carbonyl (C=O) groups is 1. The number of nitrogens with one attached hydrogen (secondary N) is 1. The average molecular weight is 383 g/mol. The van der Waals surface area contributed by atoms with E-state index in [9.17, 15) is 4.79 Å². The summed E-state index contributed by atoms with van der Waals surface area (Å²) in [5.41, 5.74) is 2.27. The summed E-state index contributed by atoms with van der Waals surface area (Å²) in [7, 11) is 0. The van der Waals surface area contributed by atoms with Crippen LogP contribution in [0.1, 0.15) is 16.3 Å². The van der Waals surface area contributed by atoms with E-state index in [1.807, 2.05) is 72.8 Å². The summed E-state index contributed by atoms with van der Waals surface area (Å²) >= 11 is 0. The normalized spacial score (nSPS) is 11.0. The number of anilines is 1. The molecule has 2 heterocycles. The molecule has 3 aromatic carbocycles. The lowest BCUT2D eigenvalue weighted by Gasteiger charge is -2.04. The summed E-state index contributed by atoms with van der Waals surface area (Å²) in [6, 6.07) is 26.2. The van der Waals surface area contributed by atoms with Gasteiger partial charge in [-0.15, -0.1) is 0 Å². The number of hydrogen-bond donors (Lipinski definition) is 1. The predicted octanol–water partition coefficient (Wildman–Crippen LogP) is 6.01. The van der Waals surface area contributed by atoms with Crippen LogP contribution >= 0.6 is 0 Å². The summed E-state index contributed by atoms with van der Waals surface area (Å²) in [4.78, 5) is 12.6. The van der Waals surface area contributed by atoms with Gasteiger partial charge in [0, 0.05) is 16.5 Å². The molecule has 0 saturated carbocycles. The Bertz CT molecular complexity index is 1300. The molecule has 0 unspecified atom stereocenters. The van der Waals surface area contributed by atoms with Crippen molar-refractivity contribution >= 4 is 33.5 Å². The van der Waals surface area contributed by atoms with Crippen LogP contribution in [0.5, 0.6) is 5.75 Å². The lowest BCUT2D eigenvalue weighted by molar-refractivity contribution is 0.0992. The standard InChI is InChI=1S/C24H17NO4/c26-24(23-13-11-18(28-23)15-27-17-6-2-1-3-7-17)25-16-10-12-22-20(14-16)19-8-4-5-9-21(19)29-22/h1-14H,15H2,(H,25,26). The number of carbonyl (C=O) groups excluding carboxylic acids is 1. The van der Waals surface area contributed by atoms with Crippen LogP contribution in [0.4, 0.5) is 5.69 Å². The van der Waals surface area contributed by atoms with Crippen LogP contribution in [0.2, 0.25) is 0 Å². The SMILES string of the molecule is O=C(Nc1ccc2oc3ccccc3c2c1)c1ccc(COc2ccccc2)o1. The van der Waals surface area contributed by atoms with Crippen molar-refractivity contribution in [2.45, 2.75) is 6.61 Å². The van der Waals surface area contributed by atoms with E-state index >= 15 is 0 Å². The molecule has 0 spiro atoms. The highest BCUT2D eigenvalue weighted by Crippen LogP contribution is 2.30. The summed E-state index contributed by atoms with van der Waals surface area (Å²) in [6.07, 6.45) is 0. The molecule has 142 valence electrons. The van der Waals surface area contributed by atoms with Crippen LogP contribution in [-0.4, -0.2) is 5.91 Å². The van der Waals surface area contributed by atoms with Crippen molar-refractivity contribution in [2.24, 2.45) is 0 Å². The van der Waals surface area contributed by atoms with Gasteiger partial charge in [0.05, 0.1) is 0 Å². The Labute approximate surface area is 166 Å². The summed E-state index contributed by atoms with van der Waals surface area (Å²) in [5.74, 6) is 1.24.